The summed E-state index contributed by atoms with van der Waals surface area (Å²) < 4.78 is 0. The molecule has 0 radical (unpaired) electrons. The zero-order chi connectivity index (χ0) is 32.7. The first kappa shape index (κ1) is 33.3. The Morgan fingerprint density at radius 3 is 1.32 bits per heavy atom. The largest absolute Gasteiger partial charge is 0.289 e. The van der Waals surface area contributed by atoms with Gasteiger partial charge in [0.05, 0.1) is 28.7 Å². The van der Waals surface area contributed by atoms with Crippen molar-refractivity contribution < 1.29 is 4.79 Å². The highest BCUT2D eigenvalue weighted by Gasteiger charge is 2.30. The zero-order valence-corrected chi connectivity index (χ0v) is 27.7. The number of rotatable bonds is 11. The lowest BCUT2D eigenvalue weighted by atomic mass is 9.14. The lowest BCUT2D eigenvalue weighted by Crippen LogP contribution is -2.66. The van der Waals surface area contributed by atoms with Gasteiger partial charge in [-0.1, -0.05) is 147 Å². The molecule has 0 saturated carbocycles. The van der Waals surface area contributed by atoms with Gasteiger partial charge in [0.1, 0.15) is 0 Å². The Labute approximate surface area is 283 Å². The van der Waals surface area contributed by atoms with Gasteiger partial charge in [0.15, 0.2) is 15.5 Å². The third-order valence-corrected chi connectivity index (χ3v) is 11.0. The maximum atomic E-state index is 12.7. The molecule has 0 spiro atoms. The molecule has 232 valence electrons. The van der Waals surface area contributed by atoms with Crippen molar-refractivity contribution in [1.29, 1.82) is 5.26 Å². The first-order valence-corrected chi connectivity index (χ1v) is 17.7. The van der Waals surface area contributed by atoms with Gasteiger partial charge in [0.2, 0.25) is 5.78 Å². The molecule has 4 heteroatoms. The second-order valence-corrected chi connectivity index (χ2v) is 13.7. The summed E-state index contributed by atoms with van der Waals surface area (Å²) in [6.07, 6.45) is 2.73. The number of ketones is 1. The van der Waals surface area contributed by atoms with Crippen LogP contribution in [-0.2, 0) is 10.9 Å². The molecule has 6 rings (SSSR count). The van der Waals surface area contributed by atoms with Crippen LogP contribution < -0.4 is 16.4 Å². The van der Waals surface area contributed by atoms with E-state index in [1.807, 2.05) is 36.4 Å². The van der Waals surface area contributed by atoms with E-state index < -0.39 is 6.15 Å². The van der Waals surface area contributed by atoms with Gasteiger partial charge < -0.3 is 0 Å². The Morgan fingerprint density at radius 2 is 0.957 bits per heavy atom. The predicted octanol–water partition coefficient (Wildman–Crippen LogP) is 8.43. The van der Waals surface area contributed by atoms with Crippen molar-refractivity contribution in [1.82, 2.24) is 0 Å². The van der Waals surface area contributed by atoms with E-state index in [4.69, 9.17) is 5.26 Å². The van der Waals surface area contributed by atoms with Gasteiger partial charge in [-0.15, -0.1) is 0 Å². The minimum Gasteiger partial charge on any atom is -0.289 e. The highest BCUT2D eigenvalue weighted by molar-refractivity contribution is 7.97. The van der Waals surface area contributed by atoms with E-state index >= 15 is 0 Å². The van der Waals surface area contributed by atoms with E-state index in [0.29, 0.717) is 16.9 Å². The van der Waals surface area contributed by atoms with Crippen molar-refractivity contribution in [3.8, 4) is 6.07 Å². The van der Waals surface area contributed by atoms with Crippen LogP contribution in [0.2, 0.25) is 6.32 Å². The fourth-order valence-corrected chi connectivity index (χ4v) is 8.36. The normalized spacial score (nSPS) is 10.8. The van der Waals surface area contributed by atoms with Crippen LogP contribution in [-0.4, -0.2) is 17.7 Å². The molecular weight excluding hydrogens is 589 g/mol. The molecule has 0 bridgehead atoms. The van der Waals surface area contributed by atoms with Gasteiger partial charge in [-0.25, -0.2) is 0 Å². The maximum Gasteiger partial charge on any atom is 0.212 e. The molecule has 0 heterocycles. The smallest absolute Gasteiger partial charge is 0.212 e. The summed E-state index contributed by atoms with van der Waals surface area (Å²) in [5.74, 6) is 0.524. The molecule has 0 fully saturated rings. The lowest BCUT2D eigenvalue weighted by Gasteiger charge is -2.43. The minimum atomic E-state index is -0.913. The molecule has 0 unspecified atom stereocenters. The van der Waals surface area contributed by atoms with E-state index in [0.717, 1.165) is 9.79 Å². The van der Waals surface area contributed by atoms with Gasteiger partial charge in [0.25, 0.3) is 0 Å². The van der Waals surface area contributed by atoms with E-state index in [1.165, 1.54) is 35.6 Å². The van der Waals surface area contributed by atoms with Crippen LogP contribution in [0.15, 0.2) is 186 Å². The van der Waals surface area contributed by atoms with Gasteiger partial charge in [0, 0.05) is 5.56 Å². The van der Waals surface area contributed by atoms with Crippen LogP contribution in [0.25, 0.3) is 0 Å². The number of nitrogens with zero attached hydrogens (tertiary/aromatic N) is 1. The number of carbonyl (C=O) groups excluding carboxylic acids is 1. The van der Waals surface area contributed by atoms with Gasteiger partial charge in [-0.05, 0) is 48.5 Å². The molecule has 0 N–H and O–H groups in total. The average molecular weight is 630 g/mol. The first-order chi connectivity index (χ1) is 23.2. The van der Waals surface area contributed by atoms with E-state index in [1.54, 1.807) is 24.3 Å². The molecule has 0 aliphatic carbocycles. The third kappa shape index (κ3) is 8.39. The Balaban J connectivity index is 0.000000185. The van der Waals surface area contributed by atoms with E-state index in [2.05, 4.69) is 128 Å². The van der Waals surface area contributed by atoms with Crippen molar-refractivity contribution in [2.45, 2.75) is 35.9 Å². The topological polar surface area (TPSA) is 40.9 Å². The fourth-order valence-electron chi connectivity index (χ4n) is 6.35. The molecule has 0 aliphatic heterocycles. The SMILES string of the molecule is CCCC[B-](c1ccccc1)(c1ccccc1)c1ccccc1.N#Cc1ccc(C(=O)C[S+](c2ccccc2)c2ccccc2)cc1. The van der Waals surface area contributed by atoms with Crippen molar-refractivity contribution in [3.05, 3.63) is 187 Å². The Morgan fingerprint density at radius 1 is 0.574 bits per heavy atom. The summed E-state index contributed by atoms with van der Waals surface area (Å²) in [7, 11) is -0.304. The predicted molar refractivity (Wildman–Crippen MR) is 201 cm³/mol. The number of benzene rings is 6. The quantitative estimate of drug-likeness (QED) is 0.0820. The number of carbonyl (C=O) groups is 1. The van der Waals surface area contributed by atoms with Gasteiger partial charge in [-0.2, -0.15) is 28.0 Å². The third-order valence-electron chi connectivity index (χ3n) is 8.76. The summed E-state index contributed by atoms with van der Waals surface area (Å²) in [6, 6.07) is 62.4. The highest BCUT2D eigenvalue weighted by atomic mass is 32.2. The maximum absolute atomic E-state index is 12.7. The Bertz CT molecular complexity index is 1700. The summed E-state index contributed by atoms with van der Waals surface area (Å²) >= 11 is 0. The number of unbranched alkanes of at least 4 members (excludes halogenated alkanes) is 1. The summed E-state index contributed by atoms with van der Waals surface area (Å²) in [5.41, 5.74) is 5.55. The number of hydrogen-bond donors (Lipinski definition) is 0. The molecule has 0 amide bonds. The number of nitriles is 1. The summed E-state index contributed by atoms with van der Waals surface area (Å²) in [5, 5.41) is 8.88. The molecule has 47 heavy (non-hydrogen) atoms. The molecule has 2 nitrogen and oxygen atoms in total. The fraction of sp³-hybridized carbons (Fsp3) is 0.116. The van der Waals surface area contributed by atoms with Crippen molar-refractivity contribution in [2.75, 3.05) is 5.75 Å². The van der Waals surface area contributed by atoms with Gasteiger partial charge in [-0.3, -0.25) is 4.79 Å². The molecule has 0 aliphatic rings. The first-order valence-electron chi connectivity index (χ1n) is 16.3. The van der Waals surface area contributed by atoms with Crippen LogP contribution >= 0.6 is 0 Å². The van der Waals surface area contributed by atoms with Crippen LogP contribution in [0, 0.1) is 11.3 Å². The van der Waals surface area contributed by atoms with Crippen molar-refractivity contribution >= 4 is 39.2 Å². The van der Waals surface area contributed by atoms with Crippen LogP contribution in [0.4, 0.5) is 0 Å². The van der Waals surface area contributed by atoms with Crippen molar-refractivity contribution in [3.63, 3.8) is 0 Å². The molecule has 0 aromatic heterocycles. The summed E-state index contributed by atoms with van der Waals surface area (Å²) in [6.45, 7) is 2.28. The molecule has 0 atom stereocenters. The molecular formula is C43H40BNOS. The lowest BCUT2D eigenvalue weighted by molar-refractivity contribution is 0.102. The molecule has 6 aromatic carbocycles. The number of Topliss-reactive ketones (excluding diaryl/α,β-unsaturated/α-hetero) is 1. The average Bonchev–Trinajstić information content (AvgIpc) is 3.16. The second kappa shape index (κ2) is 17.0. The van der Waals surface area contributed by atoms with Crippen molar-refractivity contribution in [2.24, 2.45) is 0 Å². The molecule has 6 aromatic rings. The monoisotopic (exact) mass is 629 g/mol. The minimum absolute atomic E-state index is 0.0931. The second-order valence-electron chi connectivity index (χ2n) is 11.7. The van der Waals surface area contributed by atoms with E-state index in [9.17, 15) is 4.79 Å². The Hall–Kier alpha value is -5.11. The molecule has 0 saturated heterocycles. The van der Waals surface area contributed by atoms with Crippen LogP contribution in [0.5, 0.6) is 0 Å². The van der Waals surface area contributed by atoms with Crippen LogP contribution in [0.3, 0.4) is 0 Å². The zero-order valence-electron chi connectivity index (χ0n) is 26.9. The number of hydrogen-bond acceptors (Lipinski definition) is 2. The standard InChI is InChI=1S/C22H24B.C21H16NOS/c1-2-3-19-23(20-13-7-4-8-14-20,21-15-9-5-10-16-21)22-17-11-6-12-18-22;22-15-17-11-13-18(14-12-17)21(23)16-24(19-7-3-1-4-8-19)20-9-5-2-6-10-20/h4-18H,2-3,19H2,1H3;1-14H,16H2/q-1;+1. The van der Waals surface area contributed by atoms with Crippen LogP contribution in [0.1, 0.15) is 35.7 Å². The highest BCUT2D eigenvalue weighted by Crippen LogP contribution is 2.24. The Kier molecular flexibility index (Phi) is 12.0. The summed E-state index contributed by atoms with van der Waals surface area (Å²) in [4.78, 5) is 15.0. The van der Waals surface area contributed by atoms with Gasteiger partial charge >= 0.3 is 0 Å². The van der Waals surface area contributed by atoms with E-state index in [-0.39, 0.29) is 16.7 Å².